The van der Waals surface area contributed by atoms with Crippen LogP contribution in [-0.4, -0.2) is 24.2 Å². The van der Waals surface area contributed by atoms with Crippen molar-refractivity contribution < 1.29 is 14.3 Å². The molecule has 0 unspecified atom stereocenters. The Bertz CT molecular complexity index is 680. The molecule has 4 nitrogen and oxygen atoms in total. The topological polar surface area (TPSA) is 55.4 Å². The molecule has 0 spiro atoms. The largest absolute Gasteiger partial charge is 0.449 e. The zero-order valence-corrected chi connectivity index (χ0v) is 14.1. The molecule has 23 heavy (non-hydrogen) atoms. The van der Waals surface area contributed by atoms with Crippen molar-refractivity contribution in [1.82, 2.24) is 0 Å². The Balaban J connectivity index is 1.94. The molecule has 2 aromatic rings. The van der Waals surface area contributed by atoms with Gasteiger partial charge in [-0.25, -0.2) is 4.79 Å². The zero-order chi connectivity index (χ0) is 16.8. The van der Waals surface area contributed by atoms with Crippen LogP contribution in [0.2, 0.25) is 0 Å². The van der Waals surface area contributed by atoms with Gasteiger partial charge in [-0.05, 0) is 56.5 Å². The first-order valence-corrected chi connectivity index (χ1v) is 8.44. The van der Waals surface area contributed by atoms with Gasteiger partial charge in [-0.2, -0.15) is 0 Å². The summed E-state index contributed by atoms with van der Waals surface area (Å²) < 4.78 is 5.21. The quantitative estimate of drug-likeness (QED) is 0.668. The van der Waals surface area contributed by atoms with E-state index in [-0.39, 0.29) is 5.91 Å². The fourth-order valence-corrected chi connectivity index (χ4v) is 2.30. The van der Waals surface area contributed by atoms with E-state index in [0.29, 0.717) is 11.3 Å². The van der Waals surface area contributed by atoms with E-state index in [0.717, 1.165) is 10.5 Å². The highest BCUT2D eigenvalue weighted by molar-refractivity contribution is 7.98. The Morgan fingerprint density at radius 1 is 1.04 bits per heavy atom. The molecule has 0 bridgehead atoms. The van der Waals surface area contributed by atoms with E-state index in [1.165, 1.54) is 0 Å². The van der Waals surface area contributed by atoms with Crippen molar-refractivity contribution in [3.05, 3.63) is 59.7 Å². The molecule has 1 amide bonds. The Morgan fingerprint density at radius 2 is 1.65 bits per heavy atom. The number of esters is 1. The Labute approximate surface area is 140 Å². The van der Waals surface area contributed by atoms with Crippen molar-refractivity contribution in [1.29, 1.82) is 0 Å². The molecule has 0 aromatic heterocycles. The van der Waals surface area contributed by atoms with Gasteiger partial charge in [-0.1, -0.05) is 17.7 Å². The van der Waals surface area contributed by atoms with Gasteiger partial charge < -0.3 is 10.1 Å². The summed E-state index contributed by atoms with van der Waals surface area (Å²) in [5.41, 5.74) is 2.21. The first-order chi connectivity index (χ1) is 11.0. The van der Waals surface area contributed by atoms with E-state index in [1.807, 2.05) is 49.6 Å². The number of carbonyl (C=O) groups is 2. The second kappa shape index (κ2) is 7.83. The molecule has 0 saturated carbocycles. The predicted molar refractivity (Wildman–Crippen MR) is 92.9 cm³/mol. The third kappa shape index (κ3) is 4.86. The SMILES string of the molecule is CSc1ccc(C(=O)O[C@H](C)C(=O)Nc2ccc(C)cc2)cc1. The lowest BCUT2D eigenvalue weighted by molar-refractivity contribution is -0.123. The highest BCUT2D eigenvalue weighted by atomic mass is 32.2. The molecule has 0 fully saturated rings. The number of amides is 1. The summed E-state index contributed by atoms with van der Waals surface area (Å²) in [7, 11) is 0. The van der Waals surface area contributed by atoms with Gasteiger partial charge in [0.15, 0.2) is 6.10 Å². The lowest BCUT2D eigenvalue weighted by Crippen LogP contribution is -2.30. The molecule has 0 aliphatic rings. The Hall–Kier alpha value is -2.27. The van der Waals surface area contributed by atoms with Gasteiger partial charge >= 0.3 is 5.97 Å². The normalized spacial score (nSPS) is 11.6. The molecule has 0 aliphatic heterocycles. The molecule has 1 N–H and O–H groups in total. The maximum atomic E-state index is 12.1. The molecule has 1 atom stereocenters. The summed E-state index contributed by atoms with van der Waals surface area (Å²) in [6, 6.07) is 14.5. The maximum absolute atomic E-state index is 12.1. The van der Waals surface area contributed by atoms with E-state index in [9.17, 15) is 9.59 Å². The number of benzene rings is 2. The van der Waals surface area contributed by atoms with E-state index in [4.69, 9.17) is 4.74 Å². The van der Waals surface area contributed by atoms with Crippen LogP contribution in [0.15, 0.2) is 53.4 Å². The van der Waals surface area contributed by atoms with Crippen molar-refractivity contribution in [2.45, 2.75) is 24.8 Å². The molecular weight excluding hydrogens is 310 g/mol. The smallest absolute Gasteiger partial charge is 0.338 e. The second-order valence-corrected chi connectivity index (χ2v) is 6.01. The van der Waals surface area contributed by atoms with E-state index < -0.39 is 12.1 Å². The molecular formula is C18H19NO3S. The number of hydrogen-bond donors (Lipinski definition) is 1. The third-order valence-electron chi connectivity index (χ3n) is 3.30. The fourth-order valence-electron chi connectivity index (χ4n) is 1.89. The summed E-state index contributed by atoms with van der Waals surface area (Å²) in [6.45, 7) is 3.52. The average molecular weight is 329 g/mol. The molecule has 0 aliphatic carbocycles. The lowest BCUT2D eigenvalue weighted by Gasteiger charge is -2.13. The van der Waals surface area contributed by atoms with Crippen molar-refractivity contribution in [2.75, 3.05) is 11.6 Å². The summed E-state index contributed by atoms with van der Waals surface area (Å²) in [5.74, 6) is -0.868. The molecule has 2 rings (SSSR count). The summed E-state index contributed by atoms with van der Waals surface area (Å²) in [4.78, 5) is 25.2. The van der Waals surface area contributed by atoms with Crippen LogP contribution >= 0.6 is 11.8 Å². The summed E-state index contributed by atoms with van der Waals surface area (Å²) in [6.07, 6.45) is 1.09. The maximum Gasteiger partial charge on any atom is 0.338 e. The predicted octanol–water partition coefficient (Wildman–Crippen LogP) is 3.90. The summed E-state index contributed by atoms with van der Waals surface area (Å²) >= 11 is 1.59. The number of aryl methyl sites for hydroxylation is 1. The van der Waals surface area contributed by atoms with Crippen LogP contribution < -0.4 is 5.32 Å². The van der Waals surface area contributed by atoms with Gasteiger partial charge in [0.2, 0.25) is 0 Å². The van der Waals surface area contributed by atoms with Gasteiger partial charge in [0.25, 0.3) is 5.91 Å². The second-order valence-electron chi connectivity index (χ2n) is 5.13. The summed E-state index contributed by atoms with van der Waals surface area (Å²) in [5, 5.41) is 2.72. The minimum absolute atomic E-state index is 0.358. The van der Waals surface area contributed by atoms with Crippen molar-refractivity contribution in [3.63, 3.8) is 0 Å². The Morgan fingerprint density at radius 3 is 2.22 bits per heavy atom. The molecule has 2 aromatic carbocycles. The van der Waals surface area contributed by atoms with Crippen LogP contribution in [0.25, 0.3) is 0 Å². The van der Waals surface area contributed by atoms with Crippen molar-refractivity contribution >= 4 is 29.3 Å². The number of carbonyl (C=O) groups excluding carboxylic acids is 2. The monoisotopic (exact) mass is 329 g/mol. The first kappa shape index (κ1) is 17.1. The van der Waals surface area contributed by atoms with Gasteiger partial charge in [-0.3, -0.25) is 4.79 Å². The molecule has 120 valence electrons. The van der Waals surface area contributed by atoms with E-state index in [2.05, 4.69) is 5.32 Å². The third-order valence-corrected chi connectivity index (χ3v) is 4.04. The average Bonchev–Trinajstić information content (AvgIpc) is 2.56. The molecule has 0 heterocycles. The van der Waals surface area contributed by atoms with Gasteiger partial charge in [0, 0.05) is 10.6 Å². The Kier molecular flexibility index (Phi) is 5.82. The molecule has 0 saturated heterocycles. The van der Waals surface area contributed by atoms with Crippen LogP contribution in [0.4, 0.5) is 5.69 Å². The molecule has 0 radical (unpaired) electrons. The number of rotatable bonds is 5. The fraction of sp³-hybridized carbons (Fsp3) is 0.222. The minimum atomic E-state index is -0.871. The number of thioether (sulfide) groups is 1. The van der Waals surface area contributed by atoms with Crippen molar-refractivity contribution in [2.24, 2.45) is 0 Å². The van der Waals surface area contributed by atoms with Crippen LogP contribution in [0.5, 0.6) is 0 Å². The van der Waals surface area contributed by atoms with E-state index in [1.54, 1.807) is 30.8 Å². The first-order valence-electron chi connectivity index (χ1n) is 7.22. The van der Waals surface area contributed by atoms with Crippen molar-refractivity contribution in [3.8, 4) is 0 Å². The van der Waals surface area contributed by atoms with E-state index >= 15 is 0 Å². The highest BCUT2D eigenvalue weighted by Gasteiger charge is 2.19. The standard InChI is InChI=1S/C18H19NO3S/c1-12-4-8-15(9-5-12)19-17(20)13(2)22-18(21)14-6-10-16(23-3)11-7-14/h4-11,13H,1-3H3,(H,19,20)/t13-/m1/s1. The zero-order valence-electron chi connectivity index (χ0n) is 13.3. The highest BCUT2D eigenvalue weighted by Crippen LogP contribution is 2.16. The van der Waals surface area contributed by atoms with Crippen LogP contribution in [0, 0.1) is 6.92 Å². The minimum Gasteiger partial charge on any atom is -0.449 e. The van der Waals surface area contributed by atoms with Gasteiger partial charge in [0.1, 0.15) is 0 Å². The number of ether oxygens (including phenoxy) is 1. The molecule has 5 heteroatoms. The van der Waals surface area contributed by atoms with Crippen LogP contribution in [0.1, 0.15) is 22.8 Å². The van der Waals surface area contributed by atoms with Gasteiger partial charge in [-0.15, -0.1) is 11.8 Å². The number of nitrogens with one attached hydrogen (secondary N) is 1. The van der Waals surface area contributed by atoms with Crippen LogP contribution in [0.3, 0.4) is 0 Å². The van der Waals surface area contributed by atoms with Crippen LogP contribution in [-0.2, 0) is 9.53 Å². The lowest BCUT2D eigenvalue weighted by atomic mass is 10.2. The number of anilines is 1. The number of hydrogen-bond acceptors (Lipinski definition) is 4. The van der Waals surface area contributed by atoms with Gasteiger partial charge in [0.05, 0.1) is 5.56 Å².